The first-order valence-electron chi connectivity index (χ1n) is 8.30. The lowest BCUT2D eigenvalue weighted by Gasteiger charge is -2.39. The molecule has 3 N–H and O–H groups in total. The Labute approximate surface area is 130 Å². The van der Waals surface area contributed by atoms with E-state index >= 15 is 0 Å². The quantitative estimate of drug-likeness (QED) is 0.666. The van der Waals surface area contributed by atoms with Crippen LogP contribution in [-0.2, 0) is 14.3 Å². The van der Waals surface area contributed by atoms with Crippen LogP contribution in [0, 0.1) is 5.92 Å². The Balaban J connectivity index is 2.14. The third-order valence-electron chi connectivity index (χ3n) is 5.03. The van der Waals surface area contributed by atoms with Crippen molar-refractivity contribution in [3.63, 3.8) is 0 Å². The van der Waals surface area contributed by atoms with Crippen molar-refractivity contribution in [2.45, 2.75) is 82.0 Å². The number of ether oxygens (including phenoxy) is 1. The number of carbonyl (C=O) groups is 2. The Morgan fingerprint density at radius 2 is 1.45 bits per heavy atom. The Morgan fingerprint density at radius 1 is 0.955 bits per heavy atom. The van der Waals surface area contributed by atoms with Gasteiger partial charge in [0.05, 0.1) is 0 Å². The molecule has 2 saturated carbocycles. The van der Waals surface area contributed by atoms with Gasteiger partial charge in [0, 0.05) is 5.92 Å². The lowest BCUT2D eigenvalue weighted by atomic mass is 9.74. The van der Waals surface area contributed by atoms with E-state index in [2.05, 4.69) is 0 Å². The largest absolute Gasteiger partial charge is 0.479 e. The van der Waals surface area contributed by atoms with Gasteiger partial charge in [0.2, 0.25) is 5.60 Å². The molecule has 0 bridgehead atoms. The molecule has 6 heteroatoms. The molecule has 0 aromatic rings. The highest BCUT2D eigenvalue weighted by atomic mass is 16.6. The predicted octanol–water partition coefficient (Wildman–Crippen LogP) is 1.62. The molecule has 126 valence electrons. The van der Waals surface area contributed by atoms with E-state index in [4.69, 9.17) is 9.84 Å². The molecule has 0 heterocycles. The van der Waals surface area contributed by atoms with Crippen LogP contribution >= 0.6 is 0 Å². The number of hydrogen-bond acceptors (Lipinski definition) is 5. The monoisotopic (exact) mass is 314 g/mol. The van der Waals surface area contributed by atoms with Gasteiger partial charge in [-0.05, 0) is 38.5 Å². The molecule has 0 aromatic heterocycles. The molecule has 0 aliphatic heterocycles. The number of hydrogen-bond donors (Lipinski definition) is 3. The molecule has 2 aliphatic rings. The zero-order valence-electron chi connectivity index (χ0n) is 12.9. The predicted molar refractivity (Wildman–Crippen MR) is 78.1 cm³/mol. The van der Waals surface area contributed by atoms with E-state index in [9.17, 15) is 19.8 Å². The highest BCUT2D eigenvalue weighted by molar-refractivity contribution is 5.88. The summed E-state index contributed by atoms with van der Waals surface area (Å²) in [6.07, 6.45) is 5.73. The van der Waals surface area contributed by atoms with Crippen LogP contribution in [0.5, 0.6) is 0 Å². The molecule has 0 radical (unpaired) electrons. The zero-order valence-corrected chi connectivity index (χ0v) is 12.9. The maximum Gasteiger partial charge on any atom is 0.342 e. The van der Waals surface area contributed by atoms with E-state index in [0.717, 1.165) is 51.4 Å². The van der Waals surface area contributed by atoms with E-state index in [1.54, 1.807) is 0 Å². The highest BCUT2D eigenvalue weighted by Crippen LogP contribution is 2.37. The summed E-state index contributed by atoms with van der Waals surface area (Å²) in [5.74, 6) is -3.13. The molecule has 2 aliphatic carbocycles. The second-order valence-corrected chi connectivity index (χ2v) is 6.57. The first-order chi connectivity index (χ1) is 10.5. The average Bonchev–Trinajstić information content (AvgIpc) is 2.55. The Kier molecular flexibility index (Phi) is 5.81. The minimum absolute atomic E-state index is 0.280. The maximum absolute atomic E-state index is 12.5. The molecule has 0 aromatic carbocycles. The van der Waals surface area contributed by atoms with Gasteiger partial charge in [-0.3, -0.25) is 0 Å². The zero-order chi connectivity index (χ0) is 16.2. The van der Waals surface area contributed by atoms with Crippen molar-refractivity contribution in [3.05, 3.63) is 0 Å². The fourth-order valence-electron chi connectivity index (χ4n) is 3.66. The summed E-state index contributed by atoms with van der Waals surface area (Å²) in [5, 5.41) is 29.8. The molecular weight excluding hydrogens is 288 g/mol. The highest BCUT2D eigenvalue weighted by Gasteiger charge is 2.54. The number of carbonyl (C=O) groups excluding carboxylic acids is 1. The van der Waals surface area contributed by atoms with Crippen LogP contribution in [0.25, 0.3) is 0 Å². The van der Waals surface area contributed by atoms with Crippen LogP contribution < -0.4 is 0 Å². The molecule has 2 atom stereocenters. The fraction of sp³-hybridized carbons (Fsp3) is 0.875. The van der Waals surface area contributed by atoms with Crippen LogP contribution in [0.4, 0.5) is 0 Å². The van der Waals surface area contributed by atoms with Crippen molar-refractivity contribution in [1.82, 2.24) is 0 Å². The number of carboxylic acids is 1. The molecule has 0 spiro atoms. The van der Waals surface area contributed by atoms with Crippen molar-refractivity contribution in [3.8, 4) is 0 Å². The van der Waals surface area contributed by atoms with Crippen molar-refractivity contribution >= 4 is 11.9 Å². The minimum atomic E-state index is -2.34. The van der Waals surface area contributed by atoms with Crippen LogP contribution in [0.3, 0.4) is 0 Å². The molecule has 6 nitrogen and oxygen atoms in total. The number of aliphatic hydroxyl groups is 2. The number of esters is 1. The van der Waals surface area contributed by atoms with Gasteiger partial charge in [-0.15, -0.1) is 0 Å². The molecule has 0 saturated heterocycles. The van der Waals surface area contributed by atoms with Gasteiger partial charge in [-0.25, -0.2) is 9.59 Å². The maximum atomic E-state index is 12.5. The van der Waals surface area contributed by atoms with Gasteiger partial charge < -0.3 is 20.1 Å². The SMILES string of the molecule is O=C(O)C(O)C(O)(C(=O)OC1CCCCC1)C1CCCCC1. The number of aliphatic hydroxyl groups excluding tert-OH is 1. The van der Waals surface area contributed by atoms with Gasteiger partial charge in [0.15, 0.2) is 6.10 Å². The Bertz CT molecular complexity index is 397. The van der Waals surface area contributed by atoms with Gasteiger partial charge in [-0.2, -0.15) is 0 Å². The van der Waals surface area contributed by atoms with Crippen molar-refractivity contribution in [2.75, 3.05) is 0 Å². The smallest absolute Gasteiger partial charge is 0.342 e. The molecule has 2 fully saturated rings. The Hall–Kier alpha value is -1.14. The molecule has 22 heavy (non-hydrogen) atoms. The topological polar surface area (TPSA) is 104 Å². The first kappa shape index (κ1) is 17.2. The van der Waals surface area contributed by atoms with E-state index in [1.165, 1.54) is 0 Å². The minimum Gasteiger partial charge on any atom is -0.479 e. The van der Waals surface area contributed by atoms with Gasteiger partial charge >= 0.3 is 11.9 Å². The lowest BCUT2D eigenvalue weighted by molar-refractivity contribution is -0.203. The Morgan fingerprint density at radius 3 is 1.95 bits per heavy atom. The van der Waals surface area contributed by atoms with E-state index in [-0.39, 0.29) is 6.10 Å². The second kappa shape index (κ2) is 7.42. The van der Waals surface area contributed by atoms with E-state index in [0.29, 0.717) is 12.8 Å². The fourth-order valence-corrected chi connectivity index (χ4v) is 3.66. The van der Waals surface area contributed by atoms with Gasteiger partial charge in [0.1, 0.15) is 6.10 Å². The summed E-state index contributed by atoms with van der Waals surface area (Å²) >= 11 is 0. The van der Waals surface area contributed by atoms with Crippen LogP contribution in [0.2, 0.25) is 0 Å². The molecule has 2 rings (SSSR count). The first-order valence-corrected chi connectivity index (χ1v) is 8.30. The van der Waals surface area contributed by atoms with Crippen LogP contribution in [-0.4, -0.2) is 45.1 Å². The third kappa shape index (κ3) is 3.60. The van der Waals surface area contributed by atoms with Crippen molar-refractivity contribution < 1.29 is 29.6 Å². The molecule has 2 unspecified atom stereocenters. The van der Waals surface area contributed by atoms with Gasteiger partial charge in [-0.1, -0.05) is 25.7 Å². The summed E-state index contributed by atoms with van der Waals surface area (Å²) in [6.45, 7) is 0. The number of rotatable bonds is 5. The van der Waals surface area contributed by atoms with Gasteiger partial charge in [0.25, 0.3) is 0 Å². The average molecular weight is 314 g/mol. The summed E-state index contributed by atoms with van der Waals surface area (Å²) in [5.41, 5.74) is -2.34. The lowest BCUT2D eigenvalue weighted by Crippen LogP contribution is -2.59. The van der Waals surface area contributed by atoms with Crippen molar-refractivity contribution in [2.24, 2.45) is 5.92 Å². The molecule has 0 amide bonds. The number of carboxylic acid groups (broad SMARTS) is 1. The number of aliphatic carboxylic acids is 1. The van der Waals surface area contributed by atoms with Crippen molar-refractivity contribution in [1.29, 1.82) is 0 Å². The summed E-state index contributed by atoms with van der Waals surface area (Å²) < 4.78 is 5.37. The third-order valence-corrected chi connectivity index (χ3v) is 5.03. The van der Waals surface area contributed by atoms with E-state index in [1.807, 2.05) is 0 Å². The summed E-state index contributed by atoms with van der Waals surface area (Å²) in [6, 6.07) is 0. The second-order valence-electron chi connectivity index (χ2n) is 6.57. The van der Waals surface area contributed by atoms with Crippen LogP contribution in [0.15, 0.2) is 0 Å². The molecular formula is C16H26O6. The summed E-state index contributed by atoms with van der Waals surface area (Å²) in [7, 11) is 0. The standard InChI is InChI=1S/C16H26O6/c17-13(14(18)19)16(21,11-7-3-1-4-8-11)15(20)22-12-9-5-2-6-10-12/h11-13,17,21H,1-10H2,(H,18,19). The van der Waals surface area contributed by atoms with E-state index < -0.39 is 29.6 Å². The normalized spacial score (nSPS) is 25.2. The summed E-state index contributed by atoms with van der Waals surface area (Å²) in [4.78, 5) is 23.7. The van der Waals surface area contributed by atoms with Crippen LogP contribution in [0.1, 0.15) is 64.2 Å².